The zero-order chi connectivity index (χ0) is 35.7. The number of anilines is 2. The molecule has 0 aliphatic carbocycles. The summed E-state index contributed by atoms with van der Waals surface area (Å²) in [4.78, 5) is 44.2. The minimum absolute atomic E-state index is 0.0913. The highest BCUT2D eigenvalue weighted by atomic mass is 32.2. The van der Waals surface area contributed by atoms with Crippen molar-refractivity contribution in [1.29, 1.82) is 5.26 Å². The molecule has 8 nitrogen and oxygen atoms in total. The predicted octanol–water partition coefficient (Wildman–Crippen LogP) is 8.02. The number of fused-ring (bicyclic) bond motifs is 1. The van der Waals surface area contributed by atoms with E-state index in [4.69, 9.17) is 0 Å². The Labute approximate surface area is 306 Å². The van der Waals surface area contributed by atoms with Gasteiger partial charge in [-0.1, -0.05) is 84.4 Å². The Morgan fingerprint density at radius 3 is 2.39 bits per heavy atom. The Morgan fingerprint density at radius 2 is 1.67 bits per heavy atom. The third-order valence-electron chi connectivity index (χ3n) is 8.42. The Morgan fingerprint density at radius 1 is 0.941 bits per heavy atom. The number of amides is 3. The fourth-order valence-corrected chi connectivity index (χ4v) is 7.90. The Balaban J connectivity index is 1.11. The van der Waals surface area contributed by atoms with Crippen LogP contribution in [-0.2, 0) is 29.1 Å². The Hall–Kier alpha value is -5.47. The summed E-state index contributed by atoms with van der Waals surface area (Å²) in [6, 6.07) is 36.2. The molecule has 2 heterocycles. The van der Waals surface area contributed by atoms with Crippen molar-refractivity contribution in [1.82, 2.24) is 10.2 Å². The van der Waals surface area contributed by atoms with Crippen molar-refractivity contribution < 1.29 is 14.4 Å². The topological polar surface area (TPSA) is 114 Å². The molecule has 3 amide bonds. The molecule has 0 fully saturated rings. The highest BCUT2D eigenvalue weighted by Gasteiger charge is 2.26. The number of thioether (sulfide) groups is 1. The van der Waals surface area contributed by atoms with Crippen LogP contribution in [0.1, 0.15) is 50.0 Å². The predicted molar refractivity (Wildman–Crippen MR) is 205 cm³/mol. The maximum absolute atomic E-state index is 13.6. The van der Waals surface area contributed by atoms with Gasteiger partial charge in [0.1, 0.15) is 16.8 Å². The fraction of sp³-hybridized carbons (Fsp3) is 0.171. The molecule has 0 saturated carbocycles. The number of carbonyl (C=O) groups is 3. The minimum Gasteiger partial charge on any atom is -0.321 e. The van der Waals surface area contributed by atoms with Gasteiger partial charge < -0.3 is 16.0 Å². The molecule has 0 saturated heterocycles. The molecule has 1 aliphatic rings. The van der Waals surface area contributed by atoms with Gasteiger partial charge in [0.2, 0.25) is 5.91 Å². The number of rotatable bonds is 11. The van der Waals surface area contributed by atoms with Gasteiger partial charge in [0.15, 0.2) is 0 Å². The Bertz CT molecular complexity index is 2110. The summed E-state index contributed by atoms with van der Waals surface area (Å²) in [6.45, 7) is 6.21. The second-order valence-electron chi connectivity index (χ2n) is 12.3. The Kier molecular flexibility index (Phi) is 11.4. The fourth-order valence-electron chi connectivity index (χ4n) is 5.73. The van der Waals surface area contributed by atoms with Crippen LogP contribution in [0.25, 0.3) is 6.08 Å². The second-order valence-corrected chi connectivity index (χ2v) is 14.8. The highest BCUT2D eigenvalue weighted by Crippen LogP contribution is 2.38. The highest BCUT2D eigenvalue weighted by molar-refractivity contribution is 8.00. The monoisotopic (exact) mass is 711 g/mol. The lowest BCUT2D eigenvalue weighted by Gasteiger charge is -2.26. The normalized spacial score (nSPS) is 13.4. The molecule has 0 bridgehead atoms. The van der Waals surface area contributed by atoms with Crippen LogP contribution >= 0.6 is 23.1 Å². The van der Waals surface area contributed by atoms with E-state index in [0.29, 0.717) is 21.8 Å². The first-order valence-corrected chi connectivity index (χ1v) is 18.3. The van der Waals surface area contributed by atoms with Crippen molar-refractivity contribution in [2.45, 2.75) is 43.5 Å². The van der Waals surface area contributed by atoms with Crippen molar-refractivity contribution in [3.05, 3.63) is 153 Å². The summed E-state index contributed by atoms with van der Waals surface area (Å²) in [7, 11) is 0. The lowest BCUT2D eigenvalue weighted by atomic mass is 10.0. The van der Waals surface area contributed by atoms with E-state index in [1.165, 1.54) is 28.7 Å². The molecule has 1 aromatic heterocycles. The molecular weight excluding hydrogens is 675 g/mol. The maximum Gasteiger partial charge on any atom is 0.272 e. The second kappa shape index (κ2) is 16.5. The van der Waals surface area contributed by atoms with Gasteiger partial charge in [-0.2, -0.15) is 5.26 Å². The van der Waals surface area contributed by atoms with Crippen molar-refractivity contribution in [2.75, 3.05) is 17.2 Å². The molecular formula is C41H37N5O3S2. The van der Waals surface area contributed by atoms with Crippen LogP contribution in [-0.4, -0.2) is 34.4 Å². The van der Waals surface area contributed by atoms with Gasteiger partial charge >= 0.3 is 0 Å². The van der Waals surface area contributed by atoms with Gasteiger partial charge in [0, 0.05) is 40.7 Å². The molecule has 1 atom stereocenters. The smallest absolute Gasteiger partial charge is 0.272 e. The van der Waals surface area contributed by atoms with E-state index in [9.17, 15) is 19.6 Å². The van der Waals surface area contributed by atoms with Crippen LogP contribution in [0.3, 0.4) is 0 Å². The molecule has 3 N–H and O–H groups in total. The standard InChI is InChI=1S/C41H37N5O3S2/c1-27-16-18-29(19-17-27)22-36(44-39(48)31-12-7-4-8-13-31)40(49)43-32-14-9-15-33(23-32)50-28(2)38(47)45-41-35(24-42)34-20-21-46(26-37(34)51-41)25-30-10-5-3-6-11-30/h3-19,22-23,28H,20-21,25-26H2,1-2H3,(H,43,49)(H,44,48)(H,45,47)/b36-22-. The number of hydrogen-bond donors (Lipinski definition) is 3. The molecule has 6 rings (SSSR count). The summed E-state index contributed by atoms with van der Waals surface area (Å²) in [5.41, 5.74) is 5.71. The van der Waals surface area contributed by atoms with E-state index in [2.05, 4.69) is 39.1 Å². The van der Waals surface area contributed by atoms with Crippen molar-refractivity contribution in [2.24, 2.45) is 0 Å². The quantitative estimate of drug-likeness (QED) is 0.0945. The van der Waals surface area contributed by atoms with E-state index in [1.807, 2.05) is 68.4 Å². The number of nitrogens with one attached hydrogen (secondary N) is 3. The van der Waals surface area contributed by atoms with Crippen molar-refractivity contribution >= 4 is 57.6 Å². The molecule has 1 unspecified atom stereocenters. The molecule has 1 aliphatic heterocycles. The number of benzene rings is 4. The zero-order valence-electron chi connectivity index (χ0n) is 28.3. The number of thiophene rings is 1. The van der Waals surface area contributed by atoms with Crippen LogP contribution in [0.5, 0.6) is 0 Å². The van der Waals surface area contributed by atoms with E-state index < -0.39 is 17.1 Å². The first-order valence-electron chi connectivity index (χ1n) is 16.6. The summed E-state index contributed by atoms with van der Waals surface area (Å²) >= 11 is 2.83. The van der Waals surface area contributed by atoms with Crippen LogP contribution < -0.4 is 16.0 Å². The van der Waals surface area contributed by atoms with Gasteiger partial charge in [0.05, 0.1) is 10.8 Å². The number of nitrogens with zero attached hydrogens (tertiary/aromatic N) is 2. The number of nitriles is 1. The average Bonchev–Trinajstić information content (AvgIpc) is 3.49. The third kappa shape index (κ3) is 9.21. The number of aryl methyl sites for hydroxylation is 1. The summed E-state index contributed by atoms with van der Waals surface area (Å²) in [6.07, 6.45) is 2.40. The van der Waals surface area contributed by atoms with Crippen molar-refractivity contribution in [3.8, 4) is 6.07 Å². The van der Waals surface area contributed by atoms with Crippen LogP contribution in [0.15, 0.2) is 120 Å². The van der Waals surface area contributed by atoms with Gasteiger partial charge in [-0.25, -0.2) is 0 Å². The first kappa shape index (κ1) is 35.4. The molecule has 51 heavy (non-hydrogen) atoms. The molecule has 5 aromatic rings. The number of hydrogen-bond acceptors (Lipinski definition) is 7. The minimum atomic E-state index is -0.488. The molecule has 4 aromatic carbocycles. The molecule has 256 valence electrons. The van der Waals surface area contributed by atoms with Crippen LogP contribution in [0.2, 0.25) is 0 Å². The third-order valence-corrected chi connectivity index (χ3v) is 10.7. The van der Waals surface area contributed by atoms with E-state index in [-0.39, 0.29) is 11.6 Å². The van der Waals surface area contributed by atoms with Crippen LogP contribution in [0, 0.1) is 18.3 Å². The number of carbonyl (C=O) groups excluding carboxylic acids is 3. The summed E-state index contributed by atoms with van der Waals surface area (Å²) in [5.74, 6) is -1.10. The largest absolute Gasteiger partial charge is 0.321 e. The van der Waals surface area contributed by atoms with E-state index >= 15 is 0 Å². The summed E-state index contributed by atoms with van der Waals surface area (Å²) in [5, 5.41) is 18.8. The van der Waals surface area contributed by atoms with E-state index in [1.54, 1.807) is 48.5 Å². The average molecular weight is 712 g/mol. The molecule has 10 heteroatoms. The SMILES string of the molecule is Cc1ccc(/C=C(\NC(=O)c2ccccc2)C(=O)Nc2cccc(SC(C)C(=O)Nc3sc4c(c3C#N)CCN(Cc3ccccc3)C4)c2)cc1. The van der Waals surface area contributed by atoms with Crippen molar-refractivity contribution in [3.63, 3.8) is 0 Å². The van der Waals surface area contributed by atoms with Gasteiger partial charge in [0.25, 0.3) is 11.8 Å². The molecule has 0 radical (unpaired) electrons. The van der Waals surface area contributed by atoms with Crippen LogP contribution in [0.4, 0.5) is 10.7 Å². The van der Waals surface area contributed by atoms with Gasteiger partial charge in [-0.3, -0.25) is 19.3 Å². The lowest BCUT2D eigenvalue weighted by Crippen LogP contribution is -2.30. The zero-order valence-corrected chi connectivity index (χ0v) is 29.9. The van der Waals surface area contributed by atoms with Gasteiger partial charge in [-0.15, -0.1) is 23.1 Å². The lowest BCUT2D eigenvalue weighted by molar-refractivity contribution is -0.115. The first-order chi connectivity index (χ1) is 24.7. The maximum atomic E-state index is 13.6. The van der Waals surface area contributed by atoms with Gasteiger partial charge in [-0.05, 0) is 73.4 Å². The molecule has 0 spiro atoms. The summed E-state index contributed by atoms with van der Waals surface area (Å²) < 4.78 is 0. The van der Waals surface area contributed by atoms with E-state index in [0.717, 1.165) is 52.5 Å².